The first-order valence-corrected chi connectivity index (χ1v) is 10.9. The molecule has 2 amide bonds. The smallest absolute Gasteiger partial charge is 0.322 e. The molecule has 2 N–H and O–H groups in total. The van der Waals surface area contributed by atoms with Crippen LogP contribution in [0.3, 0.4) is 0 Å². The summed E-state index contributed by atoms with van der Waals surface area (Å²) in [6.07, 6.45) is 0. The highest BCUT2D eigenvalue weighted by Gasteiger charge is 2.18. The Morgan fingerprint density at radius 3 is 2.21 bits per heavy atom. The van der Waals surface area contributed by atoms with Crippen LogP contribution in [0.5, 0.6) is 11.5 Å². The van der Waals surface area contributed by atoms with Crippen molar-refractivity contribution >= 4 is 22.6 Å². The van der Waals surface area contributed by atoms with Gasteiger partial charge in [-0.25, -0.2) is 4.79 Å². The minimum Gasteiger partial charge on any atom is -0.497 e. The summed E-state index contributed by atoms with van der Waals surface area (Å²) in [6, 6.07) is 22.0. The Balaban J connectivity index is 1.63. The molecule has 1 heterocycles. The van der Waals surface area contributed by atoms with Gasteiger partial charge in [0.05, 0.1) is 26.3 Å². The van der Waals surface area contributed by atoms with Crippen LogP contribution < -0.4 is 20.3 Å². The quantitative estimate of drug-likeness (QED) is 0.405. The molecule has 174 valence electrons. The topological polar surface area (TPSA) is 83.7 Å². The van der Waals surface area contributed by atoms with E-state index in [1.807, 2.05) is 55.5 Å². The molecule has 7 heteroatoms. The van der Waals surface area contributed by atoms with Crippen molar-refractivity contribution in [1.82, 2.24) is 9.88 Å². The second kappa shape index (κ2) is 10.1. The highest BCUT2D eigenvalue weighted by Crippen LogP contribution is 2.20. The van der Waals surface area contributed by atoms with E-state index in [0.29, 0.717) is 23.5 Å². The molecule has 0 spiro atoms. The van der Waals surface area contributed by atoms with Crippen molar-refractivity contribution in [3.05, 3.63) is 99.8 Å². The van der Waals surface area contributed by atoms with Crippen LogP contribution in [-0.4, -0.2) is 30.1 Å². The Labute approximate surface area is 197 Å². The van der Waals surface area contributed by atoms with Gasteiger partial charge in [0.1, 0.15) is 11.5 Å². The average Bonchev–Trinajstić information content (AvgIpc) is 2.85. The molecule has 0 saturated carbocycles. The van der Waals surface area contributed by atoms with Gasteiger partial charge in [0.15, 0.2) is 0 Å². The van der Waals surface area contributed by atoms with Crippen LogP contribution in [0.4, 0.5) is 10.5 Å². The van der Waals surface area contributed by atoms with Crippen LogP contribution in [0, 0.1) is 6.92 Å². The number of urea groups is 1. The Kier molecular flexibility index (Phi) is 6.82. The predicted octanol–water partition coefficient (Wildman–Crippen LogP) is 5.09. The molecule has 4 rings (SSSR count). The minimum absolute atomic E-state index is 0.146. The van der Waals surface area contributed by atoms with Crippen LogP contribution in [0.2, 0.25) is 0 Å². The molecule has 0 saturated heterocycles. The second-order valence-corrected chi connectivity index (χ2v) is 8.03. The standard InChI is InChI=1S/C27H27N3O4/c1-18-5-4-6-20-15-21(26(31)29-25(18)20)17-30(16-19-7-11-23(33-2)12-8-19)27(32)28-22-9-13-24(34-3)14-10-22/h4-15H,16-17H2,1-3H3,(H,28,32)(H,29,31). The number of benzene rings is 3. The number of aromatic amines is 1. The molecule has 1 aromatic heterocycles. The largest absolute Gasteiger partial charge is 0.497 e. The Hall–Kier alpha value is -4.26. The summed E-state index contributed by atoms with van der Waals surface area (Å²) in [5, 5.41) is 3.84. The zero-order valence-corrected chi connectivity index (χ0v) is 19.4. The van der Waals surface area contributed by atoms with Gasteiger partial charge < -0.3 is 24.7 Å². The number of nitrogens with zero attached hydrogens (tertiary/aromatic N) is 1. The number of nitrogens with one attached hydrogen (secondary N) is 2. The van der Waals surface area contributed by atoms with Gasteiger partial charge in [-0.3, -0.25) is 4.79 Å². The number of carbonyl (C=O) groups is 1. The Morgan fingerprint density at radius 2 is 1.56 bits per heavy atom. The van der Waals surface area contributed by atoms with E-state index in [-0.39, 0.29) is 18.1 Å². The summed E-state index contributed by atoms with van der Waals surface area (Å²) < 4.78 is 10.4. The fraction of sp³-hybridized carbons (Fsp3) is 0.185. The van der Waals surface area contributed by atoms with E-state index in [1.54, 1.807) is 43.4 Å². The van der Waals surface area contributed by atoms with Crippen LogP contribution in [0.25, 0.3) is 10.9 Å². The first-order valence-electron chi connectivity index (χ1n) is 10.9. The number of amides is 2. The number of aromatic nitrogens is 1. The first-order chi connectivity index (χ1) is 16.5. The van der Waals surface area contributed by atoms with Crippen molar-refractivity contribution in [2.45, 2.75) is 20.0 Å². The van der Waals surface area contributed by atoms with Crippen LogP contribution in [-0.2, 0) is 13.1 Å². The van der Waals surface area contributed by atoms with Crippen LogP contribution in [0.15, 0.2) is 77.6 Å². The van der Waals surface area contributed by atoms with Gasteiger partial charge >= 0.3 is 6.03 Å². The molecule has 0 bridgehead atoms. The maximum absolute atomic E-state index is 13.3. The van der Waals surface area contributed by atoms with Gasteiger partial charge in [-0.2, -0.15) is 0 Å². The Morgan fingerprint density at radius 1 is 0.912 bits per heavy atom. The van der Waals surface area contributed by atoms with Crippen molar-refractivity contribution in [3.63, 3.8) is 0 Å². The lowest BCUT2D eigenvalue weighted by atomic mass is 10.1. The number of H-pyrrole nitrogens is 1. The number of aryl methyl sites for hydroxylation is 1. The summed E-state index contributed by atoms with van der Waals surface area (Å²) >= 11 is 0. The number of anilines is 1. The van der Waals surface area contributed by atoms with Crippen molar-refractivity contribution < 1.29 is 14.3 Å². The third kappa shape index (κ3) is 5.20. The van der Waals surface area contributed by atoms with Crippen molar-refractivity contribution in [2.75, 3.05) is 19.5 Å². The first kappa shape index (κ1) is 22.9. The summed E-state index contributed by atoms with van der Waals surface area (Å²) in [5.74, 6) is 1.44. The molecule has 4 aromatic rings. The molecule has 7 nitrogen and oxygen atoms in total. The predicted molar refractivity (Wildman–Crippen MR) is 134 cm³/mol. The van der Waals surface area contributed by atoms with Gasteiger partial charge in [-0.15, -0.1) is 0 Å². The van der Waals surface area contributed by atoms with Crippen molar-refractivity contribution in [1.29, 1.82) is 0 Å². The van der Waals surface area contributed by atoms with Crippen molar-refractivity contribution in [2.24, 2.45) is 0 Å². The zero-order chi connectivity index (χ0) is 24.1. The second-order valence-electron chi connectivity index (χ2n) is 8.03. The fourth-order valence-corrected chi connectivity index (χ4v) is 3.78. The summed E-state index contributed by atoms with van der Waals surface area (Å²) in [4.78, 5) is 30.7. The van der Waals surface area contributed by atoms with Gasteiger partial charge in [0.2, 0.25) is 0 Å². The number of carbonyl (C=O) groups excluding carboxylic acids is 1. The highest BCUT2D eigenvalue weighted by molar-refractivity contribution is 5.89. The molecule has 34 heavy (non-hydrogen) atoms. The van der Waals surface area contributed by atoms with E-state index in [1.165, 1.54) is 0 Å². The van der Waals surface area contributed by atoms with Crippen LogP contribution in [0.1, 0.15) is 16.7 Å². The molecule has 0 atom stereocenters. The number of pyridine rings is 1. The third-order valence-corrected chi connectivity index (χ3v) is 5.69. The van der Waals surface area contributed by atoms with Crippen LogP contribution >= 0.6 is 0 Å². The van der Waals surface area contributed by atoms with Gasteiger partial charge in [-0.1, -0.05) is 30.3 Å². The average molecular weight is 458 g/mol. The van der Waals surface area contributed by atoms with E-state index >= 15 is 0 Å². The monoisotopic (exact) mass is 457 g/mol. The molecular weight excluding hydrogens is 430 g/mol. The van der Waals surface area contributed by atoms with E-state index in [2.05, 4.69) is 10.3 Å². The van der Waals surface area contributed by atoms with Gasteiger partial charge in [-0.05, 0) is 65.9 Å². The maximum atomic E-state index is 13.3. The van der Waals surface area contributed by atoms with E-state index in [0.717, 1.165) is 27.8 Å². The SMILES string of the molecule is COc1ccc(CN(Cc2cc3cccc(C)c3[nH]c2=O)C(=O)Nc2ccc(OC)cc2)cc1. The highest BCUT2D eigenvalue weighted by atomic mass is 16.5. The fourth-order valence-electron chi connectivity index (χ4n) is 3.78. The molecule has 0 fully saturated rings. The van der Waals surface area contributed by atoms with E-state index in [9.17, 15) is 9.59 Å². The molecular formula is C27H27N3O4. The zero-order valence-electron chi connectivity index (χ0n) is 19.4. The Bertz CT molecular complexity index is 1350. The molecule has 3 aromatic carbocycles. The maximum Gasteiger partial charge on any atom is 0.322 e. The summed E-state index contributed by atoms with van der Waals surface area (Å²) in [5.41, 5.74) is 3.65. The number of fused-ring (bicyclic) bond motifs is 1. The van der Waals surface area contributed by atoms with E-state index in [4.69, 9.17) is 9.47 Å². The number of rotatable bonds is 7. The molecule has 0 aliphatic rings. The lowest BCUT2D eigenvalue weighted by Crippen LogP contribution is -2.35. The molecule has 0 aliphatic heterocycles. The lowest BCUT2D eigenvalue weighted by Gasteiger charge is -2.23. The lowest BCUT2D eigenvalue weighted by molar-refractivity contribution is 0.206. The van der Waals surface area contributed by atoms with Gasteiger partial charge in [0, 0.05) is 17.8 Å². The van der Waals surface area contributed by atoms with Crippen molar-refractivity contribution in [3.8, 4) is 11.5 Å². The third-order valence-electron chi connectivity index (χ3n) is 5.69. The number of para-hydroxylation sites is 1. The number of ether oxygens (including phenoxy) is 2. The van der Waals surface area contributed by atoms with E-state index < -0.39 is 0 Å². The number of hydrogen-bond acceptors (Lipinski definition) is 4. The molecule has 0 unspecified atom stereocenters. The summed E-state index contributed by atoms with van der Waals surface area (Å²) in [6.45, 7) is 2.42. The molecule has 0 aliphatic carbocycles. The normalized spacial score (nSPS) is 10.7. The summed E-state index contributed by atoms with van der Waals surface area (Å²) in [7, 11) is 3.20. The number of hydrogen-bond donors (Lipinski definition) is 2. The minimum atomic E-state index is -0.315. The molecule has 0 radical (unpaired) electrons. The number of methoxy groups -OCH3 is 2. The van der Waals surface area contributed by atoms with Gasteiger partial charge in [0.25, 0.3) is 5.56 Å².